The van der Waals surface area contributed by atoms with Crippen molar-refractivity contribution in [1.29, 1.82) is 0 Å². The van der Waals surface area contributed by atoms with E-state index >= 15 is 0 Å². The van der Waals surface area contributed by atoms with E-state index in [4.69, 9.17) is 5.73 Å². The van der Waals surface area contributed by atoms with Crippen LogP contribution < -0.4 is 10.5 Å². The van der Waals surface area contributed by atoms with E-state index in [-0.39, 0.29) is 0 Å². The van der Waals surface area contributed by atoms with Crippen molar-refractivity contribution in [2.24, 2.45) is 0 Å². The van der Waals surface area contributed by atoms with Gasteiger partial charge in [0.1, 0.15) is 0 Å². The zero-order valence-electron chi connectivity index (χ0n) is 12.7. The van der Waals surface area contributed by atoms with E-state index < -0.39 is 15.3 Å². The predicted molar refractivity (Wildman–Crippen MR) is 93.9 cm³/mol. The fourth-order valence-electron chi connectivity index (χ4n) is 1.74. The predicted octanol–water partition coefficient (Wildman–Crippen LogP) is 3.59. The number of benzene rings is 2. The highest BCUT2D eigenvalue weighted by Crippen LogP contribution is 2.15. The molecule has 2 rings (SSSR count). The molecule has 0 fully saturated rings. The lowest BCUT2D eigenvalue weighted by Crippen LogP contribution is -2.22. The van der Waals surface area contributed by atoms with Crippen LogP contribution in [0.4, 0.5) is 11.4 Å². The first-order valence-electron chi connectivity index (χ1n) is 7.02. The Morgan fingerprint density at radius 3 is 1.82 bits per heavy atom. The van der Waals surface area contributed by atoms with E-state index in [0.717, 1.165) is 16.8 Å². The monoisotopic (exact) mass is 316 g/mol. The minimum Gasteiger partial charge on any atom is -0.399 e. The molecule has 0 unspecified atom stereocenters. The Hall–Kier alpha value is -2.27. The lowest BCUT2D eigenvalue weighted by molar-refractivity contribution is 0.593. The summed E-state index contributed by atoms with van der Waals surface area (Å²) in [6.45, 7) is 3.29. The molecule has 0 atom stereocenters. The molecule has 0 spiro atoms. The molecule has 0 aromatic heterocycles. The third-order valence-electron chi connectivity index (χ3n) is 3.20. The first-order valence-corrected chi connectivity index (χ1v) is 8.57. The molecule has 22 heavy (non-hydrogen) atoms. The first-order chi connectivity index (χ1) is 10.4. The minimum atomic E-state index is -3.30. The van der Waals surface area contributed by atoms with Gasteiger partial charge in [-0.05, 0) is 49.2 Å². The number of nitrogens with two attached hydrogens (primary N) is 1. The summed E-state index contributed by atoms with van der Waals surface area (Å²) in [5, 5.41) is -0.461. The second-order valence-electron chi connectivity index (χ2n) is 5.32. The second-order valence-corrected chi connectivity index (χ2v) is 7.55. The van der Waals surface area contributed by atoms with Crippen molar-refractivity contribution in [1.82, 2.24) is 0 Å². The van der Waals surface area contributed by atoms with Gasteiger partial charge in [-0.2, -0.15) is 0 Å². The molecule has 0 saturated heterocycles. The minimum absolute atomic E-state index is 0.461. The number of nitrogens with one attached hydrogen (secondary N) is 1. The standard InChI is InChI=1S/C17H20N2O2S/c1-13(2)22(20,21)19-17-11-7-15(8-12-17)4-3-14-5-9-16(18)10-6-14/h3-13,19H,18H2,1-2H3/b4-3+. The van der Waals surface area contributed by atoms with E-state index in [2.05, 4.69) is 4.72 Å². The van der Waals surface area contributed by atoms with Crippen LogP contribution in [0, 0.1) is 0 Å². The van der Waals surface area contributed by atoms with Crippen molar-refractivity contribution in [3.63, 3.8) is 0 Å². The van der Waals surface area contributed by atoms with Crippen LogP contribution in [0.1, 0.15) is 25.0 Å². The van der Waals surface area contributed by atoms with Crippen LogP contribution in [0.5, 0.6) is 0 Å². The zero-order valence-corrected chi connectivity index (χ0v) is 13.5. The van der Waals surface area contributed by atoms with Crippen LogP contribution >= 0.6 is 0 Å². The molecular formula is C17H20N2O2S. The Kier molecular flexibility index (Phi) is 4.88. The van der Waals surface area contributed by atoms with E-state index in [1.807, 2.05) is 48.6 Å². The smallest absolute Gasteiger partial charge is 0.235 e. The molecule has 4 nitrogen and oxygen atoms in total. The summed E-state index contributed by atoms with van der Waals surface area (Å²) in [6, 6.07) is 14.8. The number of anilines is 2. The molecule has 3 N–H and O–H groups in total. The highest BCUT2D eigenvalue weighted by Gasteiger charge is 2.14. The highest BCUT2D eigenvalue weighted by atomic mass is 32.2. The molecule has 5 heteroatoms. The molecule has 0 aliphatic rings. The second kappa shape index (κ2) is 6.66. The molecular weight excluding hydrogens is 296 g/mol. The number of hydrogen-bond acceptors (Lipinski definition) is 3. The number of hydrogen-bond donors (Lipinski definition) is 2. The molecule has 0 heterocycles. The average Bonchev–Trinajstić information content (AvgIpc) is 2.48. The maximum atomic E-state index is 11.8. The molecule has 0 amide bonds. The van der Waals surface area contributed by atoms with Crippen molar-refractivity contribution < 1.29 is 8.42 Å². The zero-order chi connectivity index (χ0) is 16.2. The lowest BCUT2D eigenvalue weighted by atomic mass is 10.1. The maximum Gasteiger partial charge on any atom is 0.235 e. The number of rotatable bonds is 5. The fraction of sp³-hybridized carbons (Fsp3) is 0.176. The van der Waals surface area contributed by atoms with Crippen LogP contribution in [0.3, 0.4) is 0 Å². The average molecular weight is 316 g/mol. The molecule has 0 saturated carbocycles. The molecule has 0 aliphatic heterocycles. The van der Waals surface area contributed by atoms with Gasteiger partial charge in [0.15, 0.2) is 0 Å². The van der Waals surface area contributed by atoms with Crippen molar-refractivity contribution in [3.8, 4) is 0 Å². The lowest BCUT2D eigenvalue weighted by Gasteiger charge is -2.10. The Morgan fingerprint density at radius 2 is 1.36 bits per heavy atom. The van der Waals surface area contributed by atoms with Crippen molar-refractivity contribution in [3.05, 3.63) is 59.7 Å². The van der Waals surface area contributed by atoms with Crippen molar-refractivity contribution >= 4 is 33.6 Å². The Morgan fingerprint density at radius 1 is 0.909 bits per heavy atom. The van der Waals surface area contributed by atoms with Crippen LogP contribution in [0.2, 0.25) is 0 Å². The van der Waals surface area contributed by atoms with Crippen LogP contribution in [-0.2, 0) is 10.0 Å². The van der Waals surface area contributed by atoms with E-state index in [1.54, 1.807) is 26.0 Å². The Labute approximate surface area is 131 Å². The summed E-state index contributed by atoms with van der Waals surface area (Å²) in [5.41, 5.74) is 8.99. The molecule has 2 aromatic rings. The quantitative estimate of drug-likeness (QED) is 0.654. The van der Waals surface area contributed by atoms with Crippen molar-refractivity contribution in [2.75, 3.05) is 10.5 Å². The number of nitrogen functional groups attached to an aromatic ring is 1. The normalized spacial score (nSPS) is 12.0. The van der Waals surface area contributed by atoms with Crippen molar-refractivity contribution in [2.45, 2.75) is 19.1 Å². The third-order valence-corrected chi connectivity index (χ3v) is 4.96. The van der Waals surface area contributed by atoms with E-state index in [0.29, 0.717) is 5.69 Å². The number of sulfonamides is 1. The van der Waals surface area contributed by atoms with Gasteiger partial charge in [0.05, 0.1) is 5.25 Å². The van der Waals surface area contributed by atoms with Gasteiger partial charge in [0, 0.05) is 11.4 Å². The van der Waals surface area contributed by atoms with Gasteiger partial charge >= 0.3 is 0 Å². The first kappa shape index (κ1) is 16.1. The van der Waals surface area contributed by atoms with Gasteiger partial charge in [0.2, 0.25) is 10.0 Å². The maximum absolute atomic E-state index is 11.8. The van der Waals surface area contributed by atoms with Gasteiger partial charge < -0.3 is 5.73 Å². The Balaban J connectivity index is 2.07. The van der Waals surface area contributed by atoms with E-state index in [1.165, 1.54) is 0 Å². The van der Waals surface area contributed by atoms with Gasteiger partial charge in [-0.25, -0.2) is 8.42 Å². The van der Waals surface area contributed by atoms with E-state index in [9.17, 15) is 8.42 Å². The summed E-state index contributed by atoms with van der Waals surface area (Å²) in [7, 11) is -3.30. The molecule has 0 radical (unpaired) electrons. The highest BCUT2D eigenvalue weighted by molar-refractivity contribution is 7.93. The van der Waals surface area contributed by atoms with Crippen LogP contribution in [-0.4, -0.2) is 13.7 Å². The summed E-state index contributed by atoms with van der Waals surface area (Å²) in [5.74, 6) is 0. The summed E-state index contributed by atoms with van der Waals surface area (Å²) in [6.07, 6.45) is 3.94. The molecule has 116 valence electrons. The van der Waals surface area contributed by atoms with Crippen LogP contribution in [0.25, 0.3) is 12.2 Å². The molecule has 0 aliphatic carbocycles. The van der Waals surface area contributed by atoms with Gasteiger partial charge in [0.25, 0.3) is 0 Å². The van der Waals surface area contributed by atoms with Gasteiger partial charge in [-0.1, -0.05) is 36.4 Å². The summed E-state index contributed by atoms with van der Waals surface area (Å²) >= 11 is 0. The largest absolute Gasteiger partial charge is 0.399 e. The van der Waals surface area contributed by atoms with Crippen LogP contribution in [0.15, 0.2) is 48.5 Å². The summed E-state index contributed by atoms with van der Waals surface area (Å²) < 4.78 is 26.1. The van der Waals surface area contributed by atoms with Gasteiger partial charge in [-0.15, -0.1) is 0 Å². The Bertz CT molecular complexity index is 746. The van der Waals surface area contributed by atoms with Gasteiger partial charge in [-0.3, -0.25) is 4.72 Å². The fourth-order valence-corrected chi connectivity index (χ4v) is 2.44. The molecule has 2 aromatic carbocycles. The third kappa shape index (κ3) is 4.36. The topological polar surface area (TPSA) is 72.2 Å². The summed E-state index contributed by atoms with van der Waals surface area (Å²) in [4.78, 5) is 0. The molecule has 0 bridgehead atoms. The SMILES string of the molecule is CC(C)S(=O)(=O)Nc1ccc(/C=C/c2ccc(N)cc2)cc1.